The molecule has 7 nitrogen and oxygen atoms in total. The van der Waals surface area contributed by atoms with E-state index in [4.69, 9.17) is 5.11 Å². The molecule has 0 saturated carbocycles. The van der Waals surface area contributed by atoms with E-state index in [1.807, 2.05) is 32.9 Å². The number of hydrogen-bond donors (Lipinski definition) is 2. The van der Waals surface area contributed by atoms with Crippen molar-refractivity contribution in [3.8, 4) is 5.69 Å². The Bertz CT molecular complexity index is 1360. The molecule has 1 aromatic heterocycles. The summed E-state index contributed by atoms with van der Waals surface area (Å²) in [6.07, 6.45) is -1.31. The molecule has 11 heteroatoms. The number of nitrogens with zero attached hydrogens (tertiary/aromatic N) is 3. The standard InChI is InChI=1S/C26H27F3N4O3S/c1-15-4-5-22(37-14-26(27,28)29)21(8-15)31-23-24(34)33(7-6-30-23)19-9-16(2)20(17(3)10-19)13-32-11-18(12-32)25(35)36/h4-10,18H,11-14H2,1-3H3,(H,30,31)(H,35,36). The molecule has 0 bridgehead atoms. The molecular weight excluding hydrogens is 505 g/mol. The predicted octanol–water partition coefficient (Wildman–Crippen LogP) is 5.07. The third-order valence-electron chi connectivity index (χ3n) is 6.27. The highest BCUT2D eigenvalue weighted by molar-refractivity contribution is 7.99. The van der Waals surface area contributed by atoms with Gasteiger partial charge in [0.05, 0.1) is 17.4 Å². The van der Waals surface area contributed by atoms with Crippen LogP contribution in [0.3, 0.4) is 0 Å². The minimum Gasteiger partial charge on any atom is -0.481 e. The molecule has 1 aliphatic rings. The fourth-order valence-electron chi connectivity index (χ4n) is 4.29. The van der Waals surface area contributed by atoms with Crippen LogP contribution in [-0.2, 0) is 11.3 Å². The summed E-state index contributed by atoms with van der Waals surface area (Å²) in [6, 6.07) is 8.77. The minimum absolute atomic E-state index is 0.00151. The van der Waals surface area contributed by atoms with Crippen LogP contribution in [0, 0.1) is 26.7 Å². The lowest BCUT2D eigenvalue weighted by atomic mass is 9.96. The fraction of sp³-hybridized carbons (Fsp3) is 0.346. The Morgan fingerprint density at radius 1 is 1.16 bits per heavy atom. The molecule has 1 aliphatic heterocycles. The number of likely N-dealkylation sites (tertiary alicyclic amines) is 1. The molecule has 0 radical (unpaired) electrons. The third kappa shape index (κ3) is 6.34. The lowest BCUT2D eigenvalue weighted by molar-refractivity contribution is -0.147. The Hall–Kier alpha value is -3.31. The molecule has 2 heterocycles. The van der Waals surface area contributed by atoms with E-state index in [0.29, 0.717) is 47.7 Å². The fourth-order valence-corrected chi connectivity index (χ4v) is 5.04. The lowest BCUT2D eigenvalue weighted by Gasteiger charge is -2.37. The second kappa shape index (κ2) is 10.6. The minimum atomic E-state index is -4.32. The number of nitrogens with one attached hydrogen (secondary N) is 1. The van der Waals surface area contributed by atoms with Gasteiger partial charge in [0, 0.05) is 42.6 Å². The first kappa shape index (κ1) is 26.7. The molecule has 3 aromatic rings. The van der Waals surface area contributed by atoms with Crippen molar-refractivity contribution in [3.05, 3.63) is 75.3 Å². The van der Waals surface area contributed by atoms with Crippen LogP contribution in [0.4, 0.5) is 24.7 Å². The van der Waals surface area contributed by atoms with Crippen molar-refractivity contribution < 1.29 is 23.1 Å². The average Bonchev–Trinajstić information content (AvgIpc) is 2.77. The molecule has 37 heavy (non-hydrogen) atoms. The number of carboxylic acids is 1. The van der Waals surface area contributed by atoms with Gasteiger partial charge in [0.1, 0.15) is 0 Å². The van der Waals surface area contributed by atoms with Gasteiger partial charge < -0.3 is 10.4 Å². The molecule has 2 N–H and O–H groups in total. The molecule has 0 amide bonds. The number of aliphatic carboxylic acids is 1. The van der Waals surface area contributed by atoms with E-state index < -0.39 is 23.5 Å². The van der Waals surface area contributed by atoms with E-state index >= 15 is 0 Å². The van der Waals surface area contributed by atoms with Gasteiger partial charge in [-0.25, -0.2) is 4.98 Å². The lowest BCUT2D eigenvalue weighted by Crippen LogP contribution is -2.49. The van der Waals surface area contributed by atoms with E-state index in [1.54, 1.807) is 24.4 Å². The normalized spacial score (nSPS) is 14.4. The molecule has 0 unspecified atom stereocenters. The smallest absolute Gasteiger partial charge is 0.398 e. The predicted molar refractivity (Wildman–Crippen MR) is 137 cm³/mol. The number of thioether (sulfide) groups is 1. The SMILES string of the molecule is Cc1ccc(SCC(F)(F)F)c(Nc2nccn(-c3cc(C)c(CN4CC(C(=O)O)C4)c(C)c3)c2=O)c1. The zero-order valence-electron chi connectivity index (χ0n) is 20.6. The number of alkyl halides is 3. The topological polar surface area (TPSA) is 87.5 Å². The number of benzene rings is 2. The van der Waals surface area contributed by atoms with Crippen molar-refractivity contribution in [3.63, 3.8) is 0 Å². The number of aryl methyl sites for hydroxylation is 3. The van der Waals surface area contributed by atoms with Gasteiger partial charge in [-0.05, 0) is 67.3 Å². The molecular formula is C26H27F3N4O3S. The first-order chi connectivity index (χ1) is 17.4. The van der Waals surface area contributed by atoms with Gasteiger partial charge in [-0.2, -0.15) is 13.2 Å². The quantitative estimate of drug-likeness (QED) is 0.392. The van der Waals surface area contributed by atoms with Crippen molar-refractivity contribution in [2.24, 2.45) is 5.92 Å². The highest BCUT2D eigenvalue weighted by Crippen LogP contribution is 2.34. The number of anilines is 2. The summed E-state index contributed by atoms with van der Waals surface area (Å²) in [5.41, 5.74) is 4.43. The maximum Gasteiger partial charge on any atom is 0.398 e. The van der Waals surface area contributed by atoms with E-state index in [1.165, 1.54) is 10.8 Å². The summed E-state index contributed by atoms with van der Waals surface area (Å²) in [5.74, 6) is -2.15. The Kier molecular flexibility index (Phi) is 7.65. The van der Waals surface area contributed by atoms with Crippen LogP contribution >= 0.6 is 11.8 Å². The first-order valence-corrected chi connectivity index (χ1v) is 12.6. The summed E-state index contributed by atoms with van der Waals surface area (Å²) in [4.78, 5) is 31.0. The highest BCUT2D eigenvalue weighted by Gasteiger charge is 2.32. The van der Waals surface area contributed by atoms with Gasteiger partial charge in [0.15, 0.2) is 5.82 Å². The van der Waals surface area contributed by atoms with E-state index in [2.05, 4.69) is 15.2 Å². The molecule has 0 atom stereocenters. The molecule has 0 spiro atoms. The Labute approximate surface area is 216 Å². The van der Waals surface area contributed by atoms with Gasteiger partial charge >= 0.3 is 12.1 Å². The zero-order chi connectivity index (χ0) is 26.9. The van der Waals surface area contributed by atoms with Crippen molar-refractivity contribution >= 4 is 29.2 Å². The second-order valence-corrected chi connectivity index (χ2v) is 10.3. The van der Waals surface area contributed by atoms with Gasteiger partial charge in [-0.1, -0.05) is 6.07 Å². The first-order valence-electron chi connectivity index (χ1n) is 11.6. The third-order valence-corrected chi connectivity index (χ3v) is 7.41. The summed E-state index contributed by atoms with van der Waals surface area (Å²) in [6.45, 7) is 7.36. The van der Waals surface area contributed by atoms with Crippen molar-refractivity contribution in [2.45, 2.75) is 38.4 Å². The van der Waals surface area contributed by atoms with Crippen LogP contribution in [0.5, 0.6) is 0 Å². The molecule has 1 fully saturated rings. The molecule has 196 valence electrons. The summed E-state index contributed by atoms with van der Waals surface area (Å²) in [5, 5.41) is 12.0. The zero-order valence-corrected chi connectivity index (χ0v) is 21.4. The van der Waals surface area contributed by atoms with Crippen molar-refractivity contribution in [1.29, 1.82) is 0 Å². The summed E-state index contributed by atoms with van der Waals surface area (Å²) >= 11 is 0.646. The summed E-state index contributed by atoms with van der Waals surface area (Å²) in [7, 11) is 0. The Morgan fingerprint density at radius 3 is 2.46 bits per heavy atom. The van der Waals surface area contributed by atoms with Crippen LogP contribution in [0.1, 0.15) is 22.3 Å². The van der Waals surface area contributed by atoms with Crippen LogP contribution in [0.15, 0.2) is 52.4 Å². The molecule has 0 aliphatic carbocycles. The van der Waals surface area contributed by atoms with Gasteiger partial charge in [-0.3, -0.25) is 19.1 Å². The molecule has 2 aromatic carbocycles. The number of halogens is 3. The van der Waals surface area contributed by atoms with Crippen LogP contribution in [0.2, 0.25) is 0 Å². The Morgan fingerprint density at radius 2 is 1.84 bits per heavy atom. The number of aromatic nitrogens is 2. The molecule has 1 saturated heterocycles. The van der Waals surface area contributed by atoms with Crippen LogP contribution in [-0.4, -0.2) is 50.5 Å². The van der Waals surface area contributed by atoms with E-state index in [0.717, 1.165) is 22.3 Å². The van der Waals surface area contributed by atoms with Gasteiger partial charge in [0.25, 0.3) is 5.56 Å². The number of carboxylic acid groups (broad SMARTS) is 1. The van der Waals surface area contributed by atoms with Crippen LogP contribution in [0.25, 0.3) is 5.69 Å². The van der Waals surface area contributed by atoms with Crippen molar-refractivity contribution in [2.75, 3.05) is 24.2 Å². The summed E-state index contributed by atoms with van der Waals surface area (Å²) < 4.78 is 39.8. The van der Waals surface area contributed by atoms with Crippen molar-refractivity contribution in [1.82, 2.24) is 14.5 Å². The van der Waals surface area contributed by atoms with Crippen LogP contribution < -0.4 is 10.9 Å². The molecule has 4 rings (SSSR count). The second-order valence-electron chi connectivity index (χ2n) is 9.27. The maximum absolute atomic E-state index is 13.3. The van der Waals surface area contributed by atoms with Gasteiger partial charge in [0.2, 0.25) is 0 Å². The number of carbonyl (C=O) groups is 1. The Balaban J connectivity index is 1.58. The average molecular weight is 533 g/mol. The van der Waals surface area contributed by atoms with E-state index in [-0.39, 0.29) is 11.7 Å². The van der Waals surface area contributed by atoms with E-state index in [9.17, 15) is 22.8 Å². The monoisotopic (exact) mass is 532 g/mol. The van der Waals surface area contributed by atoms with Gasteiger partial charge in [-0.15, -0.1) is 11.8 Å². The maximum atomic E-state index is 13.3. The highest BCUT2D eigenvalue weighted by atomic mass is 32.2. The number of rotatable bonds is 8. The number of hydrogen-bond acceptors (Lipinski definition) is 6. The largest absolute Gasteiger partial charge is 0.481 e.